The fraction of sp³-hybridized carbons (Fsp3) is 0.0400. The van der Waals surface area contributed by atoms with Crippen LogP contribution in [-0.4, -0.2) is 6.71 Å². The van der Waals surface area contributed by atoms with Gasteiger partial charge in [-0.3, -0.25) is 0 Å². The third-order valence-electron chi connectivity index (χ3n) is 11.1. The first-order valence-corrected chi connectivity index (χ1v) is 19.6. The molecule has 2 aliphatic rings. The first kappa shape index (κ1) is 31.9. The van der Waals surface area contributed by atoms with Gasteiger partial charge >= 0.3 is 0 Å². The summed E-state index contributed by atoms with van der Waals surface area (Å²) < 4.78 is 16.9. The van der Waals surface area contributed by atoms with Crippen LogP contribution in [0.4, 0.5) is 17.1 Å². The predicted molar refractivity (Wildman–Crippen MR) is 232 cm³/mol. The highest BCUT2D eigenvalue weighted by molar-refractivity contribution is 7.25. The minimum absolute atomic E-state index is 0.118. The standard InChI is InChI=1S/C50H34BNO2S/c1-31-17-21-35(22-18-31)52(36-23-19-32(2)20-24-36)37-25-26-42-44(27-37)53-49-39(33-11-5-3-6-12-33)28-40(34-13-7-4-8-14-34)50-48(49)51(42)43-29-41-38-15-9-10-16-46(38)55-47(41)30-45(43)54-50/h3-30H,1-2H3. The number of hydrogen-bond donors (Lipinski definition) is 0. The molecule has 0 spiro atoms. The van der Waals surface area contributed by atoms with E-state index in [-0.39, 0.29) is 6.71 Å². The number of fused-ring (bicyclic) bond motifs is 7. The van der Waals surface area contributed by atoms with Crippen molar-refractivity contribution in [3.05, 3.63) is 181 Å². The summed E-state index contributed by atoms with van der Waals surface area (Å²) in [6.07, 6.45) is 0. The number of thiophene rings is 1. The zero-order chi connectivity index (χ0) is 36.6. The van der Waals surface area contributed by atoms with Crippen molar-refractivity contribution in [2.45, 2.75) is 13.8 Å². The van der Waals surface area contributed by atoms with Gasteiger partial charge in [0.2, 0.25) is 0 Å². The molecule has 0 bridgehead atoms. The second-order valence-corrected chi connectivity index (χ2v) is 15.7. The Balaban J connectivity index is 1.19. The minimum Gasteiger partial charge on any atom is -0.458 e. The van der Waals surface area contributed by atoms with Gasteiger partial charge in [0, 0.05) is 59.9 Å². The van der Waals surface area contributed by atoms with E-state index in [0.29, 0.717) is 0 Å². The van der Waals surface area contributed by atoms with E-state index in [1.54, 1.807) is 0 Å². The Kier molecular flexibility index (Phi) is 7.26. The van der Waals surface area contributed by atoms with Crippen LogP contribution in [0.1, 0.15) is 11.1 Å². The summed E-state index contributed by atoms with van der Waals surface area (Å²) in [4.78, 5) is 2.32. The lowest BCUT2D eigenvalue weighted by atomic mass is 9.34. The van der Waals surface area contributed by atoms with Crippen LogP contribution in [-0.2, 0) is 0 Å². The zero-order valence-corrected chi connectivity index (χ0v) is 31.2. The zero-order valence-electron chi connectivity index (χ0n) is 30.4. The Morgan fingerprint density at radius 1 is 0.455 bits per heavy atom. The Morgan fingerprint density at radius 2 is 1.00 bits per heavy atom. The molecular formula is C50H34BNO2S. The molecule has 0 unspecified atom stereocenters. The molecule has 8 aromatic carbocycles. The van der Waals surface area contributed by atoms with Crippen molar-refractivity contribution in [3.63, 3.8) is 0 Å². The Bertz CT molecular complexity index is 2890. The van der Waals surface area contributed by atoms with Crippen LogP contribution < -0.4 is 30.8 Å². The van der Waals surface area contributed by atoms with E-state index in [9.17, 15) is 0 Å². The number of rotatable bonds is 5. The maximum atomic E-state index is 7.25. The van der Waals surface area contributed by atoms with Gasteiger partial charge in [-0.25, -0.2) is 0 Å². The van der Waals surface area contributed by atoms with E-state index in [1.807, 2.05) is 11.3 Å². The first-order chi connectivity index (χ1) is 27.1. The number of ether oxygens (including phenoxy) is 2. The van der Waals surface area contributed by atoms with Crippen molar-refractivity contribution in [1.29, 1.82) is 0 Å². The monoisotopic (exact) mass is 723 g/mol. The van der Waals surface area contributed by atoms with Gasteiger partial charge in [0.05, 0.1) is 0 Å². The molecule has 260 valence electrons. The SMILES string of the molecule is Cc1ccc(N(c2ccc(C)cc2)c2ccc3c(c2)Oc2c(-c4ccccc4)cc(-c4ccccc4)c4c2B3c2cc3c(cc2O4)sc2ccccc23)cc1. The van der Waals surface area contributed by atoms with Crippen molar-refractivity contribution in [1.82, 2.24) is 0 Å². The van der Waals surface area contributed by atoms with Crippen LogP contribution in [0.5, 0.6) is 23.0 Å². The molecule has 0 radical (unpaired) electrons. The van der Waals surface area contributed by atoms with Gasteiger partial charge in [0.1, 0.15) is 23.0 Å². The van der Waals surface area contributed by atoms with Gasteiger partial charge in [-0.05, 0) is 84.4 Å². The number of nitrogens with zero attached hydrogens (tertiary/aromatic N) is 1. The van der Waals surface area contributed by atoms with E-state index in [1.165, 1.54) is 31.3 Å². The summed E-state index contributed by atoms with van der Waals surface area (Å²) in [6, 6.07) is 61.1. The van der Waals surface area contributed by atoms with Crippen LogP contribution in [0.3, 0.4) is 0 Å². The predicted octanol–water partition coefficient (Wildman–Crippen LogP) is 12.2. The van der Waals surface area contributed by atoms with Crippen LogP contribution >= 0.6 is 11.3 Å². The van der Waals surface area contributed by atoms with Gasteiger partial charge in [0.25, 0.3) is 6.71 Å². The molecule has 2 aliphatic heterocycles. The fourth-order valence-corrected chi connectivity index (χ4v) is 9.54. The van der Waals surface area contributed by atoms with Crippen molar-refractivity contribution < 1.29 is 9.47 Å². The lowest BCUT2D eigenvalue weighted by Crippen LogP contribution is -2.57. The van der Waals surface area contributed by atoms with Gasteiger partial charge < -0.3 is 14.4 Å². The van der Waals surface area contributed by atoms with Gasteiger partial charge in [0.15, 0.2) is 0 Å². The molecule has 0 amide bonds. The second-order valence-electron chi connectivity index (χ2n) is 14.6. The minimum atomic E-state index is -0.118. The number of benzene rings is 8. The topological polar surface area (TPSA) is 21.7 Å². The van der Waals surface area contributed by atoms with Gasteiger partial charge in [-0.2, -0.15) is 0 Å². The summed E-state index contributed by atoms with van der Waals surface area (Å²) in [7, 11) is 0. The van der Waals surface area contributed by atoms with Crippen LogP contribution in [0.2, 0.25) is 0 Å². The summed E-state index contributed by atoms with van der Waals surface area (Å²) in [5.74, 6) is 3.44. The van der Waals surface area contributed by atoms with E-state index in [2.05, 4.69) is 189 Å². The highest BCUT2D eigenvalue weighted by atomic mass is 32.1. The quantitative estimate of drug-likeness (QED) is 0.165. The van der Waals surface area contributed by atoms with Crippen molar-refractivity contribution >= 4 is 71.7 Å². The molecular weight excluding hydrogens is 689 g/mol. The Labute approximate surface area is 324 Å². The van der Waals surface area contributed by atoms with Crippen LogP contribution in [0, 0.1) is 13.8 Å². The third-order valence-corrected chi connectivity index (χ3v) is 12.3. The first-order valence-electron chi connectivity index (χ1n) is 18.8. The Hall–Kier alpha value is -6.56. The average molecular weight is 724 g/mol. The molecule has 1 aromatic heterocycles. The number of aryl methyl sites for hydroxylation is 2. The maximum Gasteiger partial charge on any atom is 0.260 e. The van der Waals surface area contributed by atoms with Gasteiger partial charge in [-0.15, -0.1) is 11.3 Å². The van der Waals surface area contributed by atoms with Crippen LogP contribution in [0.25, 0.3) is 42.4 Å². The molecule has 3 heterocycles. The average Bonchev–Trinajstić information content (AvgIpc) is 3.59. The molecule has 5 heteroatoms. The molecule has 0 atom stereocenters. The normalized spacial score (nSPS) is 12.4. The van der Waals surface area contributed by atoms with E-state index in [0.717, 1.165) is 78.7 Å². The molecule has 0 saturated heterocycles. The van der Waals surface area contributed by atoms with Crippen LogP contribution in [0.15, 0.2) is 170 Å². The summed E-state index contributed by atoms with van der Waals surface area (Å²) in [5.41, 5.74) is 13.3. The molecule has 55 heavy (non-hydrogen) atoms. The maximum absolute atomic E-state index is 7.25. The van der Waals surface area contributed by atoms with Crippen molar-refractivity contribution in [3.8, 4) is 45.3 Å². The largest absolute Gasteiger partial charge is 0.458 e. The lowest BCUT2D eigenvalue weighted by Gasteiger charge is -2.36. The molecule has 0 aliphatic carbocycles. The highest BCUT2D eigenvalue weighted by Crippen LogP contribution is 2.48. The molecule has 0 fully saturated rings. The third kappa shape index (κ3) is 5.19. The van der Waals surface area contributed by atoms with Crippen molar-refractivity contribution in [2.75, 3.05) is 4.90 Å². The number of anilines is 3. The molecule has 11 rings (SSSR count). The second kappa shape index (κ2) is 12.5. The summed E-state index contributed by atoms with van der Waals surface area (Å²) >= 11 is 1.82. The molecule has 3 nitrogen and oxygen atoms in total. The Morgan fingerprint density at radius 3 is 1.62 bits per heavy atom. The van der Waals surface area contributed by atoms with E-state index in [4.69, 9.17) is 9.47 Å². The van der Waals surface area contributed by atoms with Gasteiger partial charge in [-0.1, -0.05) is 126 Å². The summed E-state index contributed by atoms with van der Waals surface area (Å²) in [6.45, 7) is 4.14. The molecule has 9 aromatic rings. The van der Waals surface area contributed by atoms with E-state index >= 15 is 0 Å². The number of hydrogen-bond acceptors (Lipinski definition) is 4. The smallest absolute Gasteiger partial charge is 0.260 e. The molecule has 0 N–H and O–H groups in total. The van der Waals surface area contributed by atoms with Crippen molar-refractivity contribution in [2.24, 2.45) is 0 Å². The summed E-state index contributed by atoms with van der Waals surface area (Å²) in [5, 5.41) is 2.53. The van der Waals surface area contributed by atoms with E-state index < -0.39 is 0 Å². The molecule has 0 saturated carbocycles. The lowest BCUT2D eigenvalue weighted by molar-refractivity contribution is 0.467. The fourth-order valence-electron chi connectivity index (χ4n) is 8.42. The highest BCUT2D eigenvalue weighted by Gasteiger charge is 2.43.